The molecule has 0 N–H and O–H groups in total. The number of benzene rings is 2. The van der Waals surface area contributed by atoms with Crippen LogP contribution in [0.5, 0.6) is 5.75 Å². The van der Waals surface area contributed by atoms with Crippen molar-refractivity contribution in [2.45, 2.75) is 17.6 Å². The second-order valence-corrected chi connectivity index (χ2v) is 7.23. The molecule has 0 heterocycles. The molecule has 0 bridgehead atoms. The lowest BCUT2D eigenvalue weighted by Crippen LogP contribution is -2.05. The van der Waals surface area contributed by atoms with Crippen molar-refractivity contribution in [2.75, 3.05) is 6.61 Å². The fourth-order valence-corrected chi connectivity index (χ4v) is 3.77. The van der Waals surface area contributed by atoms with Crippen molar-refractivity contribution in [3.63, 3.8) is 0 Å². The molecule has 2 aromatic rings. The van der Waals surface area contributed by atoms with Crippen molar-refractivity contribution >= 4 is 33.0 Å². The number of ether oxygens (including phenoxy) is 1. The van der Waals surface area contributed by atoms with Crippen LogP contribution in [0.3, 0.4) is 0 Å². The molecule has 0 radical (unpaired) electrons. The third-order valence-corrected chi connectivity index (χ3v) is 5.12. The molecule has 0 atom stereocenters. The van der Waals surface area contributed by atoms with Crippen LogP contribution in [0.25, 0.3) is 0 Å². The third-order valence-electron chi connectivity index (χ3n) is 2.85. The van der Waals surface area contributed by atoms with Crippen LogP contribution in [-0.4, -0.2) is 15.0 Å². The lowest BCUT2D eigenvalue weighted by molar-refractivity contribution is 0.340. The van der Waals surface area contributed by atoms with E-state index < -0.39 is 9.84 Å². The van der Waals surface area contributed by atoms with Crippen LogP contribution in [0.15, 0.2) is 47.4 Å². The molecule has 0 aliphatic carbocycles. The summed E-state index contributed by atoms with van der Waals surface area (Å²) < 4.78 is 30.0. The molecule has 0 aliphatic rings. The highest BCUT2D eigenvalue weighted by Crippen LogP contribution is 2.26. The van der Waals surface area contributed by atoms with Gasteiger partial charge in [-0.3, -0.25) is 0 Å². The molecule has 2 aromatic carbocycles. The van der Waals surface area contributed by atoms with Gasteiger partial charge in [-0.2, -0.15) is 0 Å². The molecule has 2 rings (SSSR count). The summed E-state index contributed by atoms with van der Waals surface area (Å²) in [6, 6.07) is 11.1. The first-order valence-electron chi connectivity index (χ1n) is 6.32. The zero-order valence-corrected chi connectivity index (χ0v) is 13.7. The number of sulfone groups is 1. The summed E-state index contributed by atoms with van der Waals surface area (Å²) >= 11 is 11.8. The highest BCUT2D eigenvalue weighted by Gasteiger charge is 2.17. The van der Waals surface area contributed by atoms with Gasteiger partial charge in [0.15, 0.2) is 9.84 Å². The smallest absolute Gasteiger partial charge is 0.182 e. The fourth-order valence-electron chi connectivity index (χ4n) is 1.84. The van der Waals surface area contributed by atoms with Gasteiger partial charge < -0.3 is 4.74 Å². The second-order valence-electron chi connectivity index (χ2n) is 4.40. The Morgan fingerprint density at radius 3 is 2.29 bits per heavy atom. The maximum atomic E-state index is 12.4. The van der Waals surface area contributed by atoms with E-state index in [1.54, 1.807) is 24.3 Å². The molecule has 0 unspecified atom stereocenters. The van der Waals surface area contributed by atoms with E-state index in [9.17, 15) is 8.42 Å². The van der Waals surface area contributed by atoms with E-state index in [0.29, 0.717) is 28.0 Å². The molecule has 0 aliphatic heterocycles. The summed E-state index contributed by atoms with van der Waals surface area (Å²) in [5.74, 6) is 0.470. The average molecular weight is 345 g/mol. The first kappa shape index (κ1) is 16.1. The third kappa shape index (κ3) is 4.13. The number of hydrogen-bond acceptors (Lipinski definition) is 3. The van der Waals surface area contributed by atoms with E-state index in [2.05, 4.69) is 0 Å². The van der Waals surface area contributed by atoms with Crippen LogP contribution in [0.1, 0.15) is 12.5 Å². The van der Waals surface area contributed by atoms with E-state index >= 15 is 0 Å². The van der Waals surface area contributed by atoms with Crippen LogP contribution >= 0.6 is 23.2 Å². The van der Waals surface area contributed by atoms with Gasteiger partial charge in [0, 0.05) is 10.0 Å². The van der Waals surface area contributed by atoms with Crippen molar-refractivity contribution in [3.8, 4) is 5.75 Å². The zero-order chi connectivity index (χ0) is 15.5. The van der Waals surface area contributed by atoms with Crippen molar-refractivity contribution in [3.05, 3.63) is 58.1 Å². The molecule has 0 fully saturated rings. The quantitative estimate of drug-likeness (QED) is 0.808. The van der Waals surface area contributed by atoms with Gasteiger partial charge in [-0.1, -0.05) is 29.3 Å². The van der Waals surface area contributed by atoms with Gasteiger partial charge in [0.25, 0.3) is 0 Å². The highest BCUT2D eigenvalue weighted by molar-refractivity contribution is 7.90. The lowest BCUT2D eigenvalue weighted by Gasteiger charge is -2.08. The Kier molecular flexibility index (Phi) is 5.14. The summed E-state index contributed by atoms with van der Waals surface area (Å²) in [6.07, 6.45) is 0. The summed E-state index contributed by atoms with van der Waals surface area (Å²) in [6.45, 7) is 2.40. The highest BCUT2D eigenvalue weighted by atomic mass is 35.5. The van der Waals surface area contributed by atoms with Crippen LogP contribution in [0.2, 0.25) is 10.0 Å². The number of hydrogen-bond donors (Lipinski definition) is 0. The Labute approximate surface area is 134 Å². The van der Waals surface area contributed by atoms with E-state index in [0.717, 1.165) is 0 Å². The van der Waals surface area contributed by atoms with Gasteiger partial charge >= 0.3 is 0 Å². The van der Waals surface area contributed by atoms with Gasteiger partial charge in [-0.05, 0) is 48.9 Å². The second kappa shape index (κ2) is 6.69. The average Bonchev–Trinajstić information content (AvgIpc) is 2.43. The minimum Gasteiger partial charge on any atom is -0.494 e. The molecule has 0 saturated heterocycles. The van der Waals surface area contributed by atoms with Crippen LogP contribution < -0.4 is 4.74 Å². The van der Waals surface area contributed by atoms with Crippen molar-refractivity contribution in [2.24, 2.45) is 0 Å². The summed E-state index contributed by atoms with van der Waals surface area (Å²) in [5.41, 5.74) is 0.523. The Morgan fingerprint density at radius 2 is 1.71 bits per heavy atom. The topological polar surface area (TPSA) is 43.4 Å². The monoisotopic (exact) mass is 344 g/mol. The van der Waals surface area contributed by atoms with E-state index in [4.69, 9.17) is 27.9 Å². The number of rotatable bonds is 5. The Balaban J connectivity index is 2.25. The van der Waals surface area contributed by atoms with Crippen molar-refractivity contribution in [1.29, 1.82) is 0 Å². The standard InChI is InChI=1S/C15H14Cl2O3S/c1-2-20-13-5-7-14(8-6-13)21(18,19)10-11-3-4-12(16)9-15(11)17/h3-9H,2,10H2,1H3. The summed E-state index contributed by atoms with van der Waals surface area (Å²) in [7, 11) is -3.46. The minimum atomic E-state index is -3.46. The SMILES string of the molecule is CCOc1ccc(S(=O)(=O)Cc2ccc(Cl)cc2Cl)cc1. The fraction of sp³-hybridized carbons (Fsp3) is 0.200. The van der Waals surface area contributed by atoms with Gasteiger partial charge in [0.2, 0.25) is 0 Å². The molecule has 21 heavy (non-hydrogen) atoms. The van der Waals surface area contributed by atoms with Gasteiger partial charge in [0.1, 0.15) is 5.75 Å². The van der Waals surface area contributed by atoms with Gasteiger partial charge in [-0.15, -0.1) is 0 Å². The van der Waals surface area contributed by atoms with Gasteiger partial charge in [-0.25, -0.2) is 8.42 Å². The first-order chi connectivity index (χ1) is 9.92. The normalized spacial score (nSPS) is 11.4. The number of halogens is 2. The molecule has 112 valence electrons. The maximum Gasteiger partial charge on any atom is 0.182 e. The van der Waals surface area contributed by atoms with Crippen LogP contribution in [-0.2, 0) is 15.6 Å². The summed E-state index contributed by atoms with van der Waals surface area (Å²) in [4.78, 5) is 0.233. The largest absolute Gasteiger partial charge is 0.494 e. The molecular formula is C15H14Cl2O3S. The van der Waals surface area contributed by atoms with E-state index in [1.165, 1.54) is 18.2 Å². The molecule has 3 nitrogen and oxygen atoms in total. The predicted molar refractivity (Wildman–Crippen MR) is 85.0 cm³/mol. The van der Waals surface area contributed by atoms with Crippen molar-refractivity contribution < 1.29 is 13.2 Å². The van der Waals surface area contributed by atoms with E-state index in [-0.39, 0.29) is 10.6 Å². The molecule has 0 aromatic heterocycles. The van der Waals surface area contributed by atoms with Crippen LogP contribution in [0, 0.1) is 0 Å². The minimum absolute atomic E-state index is 0.170. The Morgan fingerprint density at radius 1 is 1.05 bits per heavy atom. The molecule has 0 spiro atoms. The lowest BCUT2D eigenvalue weighted by atomic mass is 10.2. The van der Waals surface area contributed by atoms with E-state index in [1.807, 2.05) is 6.92 Å². The Bertz CT molecular complexity index is 725. The van der Waals surface area contributed by atoms with Crippen LogP contribution in [0.4, 0.5) is 0 Å². The predicted octanol–water partition coefficient (Wildman–Crippen LogP) is 4.37. The maximum absolute atomic E-state index is 12.4. The molecule has 0 amide bonds. The Hall–Kier alpha value is -1.23. The zero-order valence-electron chi connectivity index (χ0n) is 11.3. The first-order valence-corrected chi connectivity index (χ1v) is 8.73. The van der Waals surface area contributed by atoms with Crippen molar-refractivity contribution in [1.82, 2.24) is 0 Å². The summed E-state index contributed by atoms with van der Waals surface area (Å²) in [5, 5.41) is 0.819. The molecule has 0 saturated carbocycles. The molecule has 6 heteroatoms. The van der Waals surface area contributed by atoms with Gasteiger partial charge in [0.05, 0.1) is 17.3 Å². The molecular weight excluding hydrogens is 331 g/mol.